The van der Waals surface area contributed by atoms with Crippen LogP contribution in [0.1, 0.15) is 17.7 Å². The van der Waals surface area contributed by atoms with E-state index in [1.54, 1.807) is 12.1 Å². The van der Waals surface area contributed by atoms with Gasteiger partial charge in [-0.05, 0) is 24.6 Å². The Morgan fingerprint density at radius 2 is 2.14 bits per heavy atom. The summed E-state index contributed by atoms with van der Waals surface area (Å²) in [5, 5.41) is 6.64. The SMILES string of the molecule is Cc1cc(Br)c2c(C(F)F)[nH]nc2c1. The number of halogens is 3. The number of hydrogen-bond acceptors (Lipinski definition) is 1. The molecule has 0 radical (unpaired) electrons. The molecule has 0 saturated heterocycles. The minimum Gasteiger partial charge on any atom is -0.275 e. The van der Waals surface area contributed by atoms with Gasteiger partial charge >= 0.3 is 0 Å². The lowest BCUT2D eigenvalue weighted by atomic mass is 10.1. The first kappa shape index (κ1) is 9.58. The normalized spacial score (nSPS) is 11.5. The summed E-state index contributed by atoms with van der Waals surface area (Å²) in [5.74, 6) is 0. The second kappa shape index (κ2) is 3.31. The fraction of sp³-hybridized carbons (Fsp3) is 0.222. The van der Waals surface area contributed by atoms with Gasteiger partial charge in [0, 0.05) is 9.86 Å². The third kappa shape index (κ3) is 1.41. The first-order valence-electron chi connectivity index (χ1n) is 4.02. The highest BCUT2D eigenvalue weighted by atomic mass is 79.9. The average molecular weight is 261 g/mol. The number of benzene rings is 1. The van der Waals surface area contributed by atoms with Crippen molar-refractivity contribution in [2.45, 2.75) is 13.3 Å². The summed E-state index contributed by atoms with van der Waals surface area (Å²) in [4.78, 5) is 0. The van der Waals surface area contributed by atoms with Gasteiger partial charge in [-0.2, -0.15) is 5.10 Å². The van der Waals surface area contributed by atoms with E-state index in [1.165, 1.54) is 0 Å². The van der Waals surface area contributed by atoms with Gasteiger partial charge in [0.25, 0.3) is 6.43 Å². The summed E-state index contributed by atoms with van der Waals surface area (Å²) in [6.07, 6.45) is -2.53. The van der Waals surface area contributed by atoms with Crippen LogP contribution in [0.3, 0.4) is 0 Å². The second-order valence-corrected chi connectivity index (χ2v) is 3.93. The molecule has 2 aromatic rings. The van der Waals surface area contributed by atoms with Gasteiger partial charge < -0.3 is 0 Å². The molecule has 0 spiro atoms. The maximum atomic E-state index is 12.5. The number of aromatic amines is 1. The van der Waals surface area contributed by atoms with Crippen LogP contribution in [0.5, 0.6) is 0 Å². The van der Waals surface area contributed by atoms with Crippen molar-refractivity contribution in [3.05, 3.63) is 27.9 Å². The molecule has 74 valence electrons. The second-order valence-electron chi connectivity index (χ2n) is 3.08. The maximum absolute atomic E-state index is 12.5. The van der Waals surface area contributed by atoms with Crippen molar-refractivity contribution in [1.82, 2.24) is 10.2 Å². The Kier molecular flexibility index (Phi) is 2.26. The van der Waals surface area contributed by atoms with Gasteiger partial charge in [-0.25, -0.2) is 8.78 Å². The number of H-pyrrole nitrogens is 1. The predicted molar refractivity (Wildman–Crippen MR) is 53.5 cm³/mol. The zero-order valence-corrected chi connectivity index (χ0v) is 8.90. The molecule has 0 aliphatic heterocycles. The minimum atomic E-state index is -2.53. The van der Waals surface area contributed by atoms with Gasteiger partial charge in [-0.15, -0.1) is 0 Å². The van der Waals surface area contributed by atoms with Crippen LogP contribution in [-0.4, -0.2) is 10.2 Å². The molecular formula is C9H7BrF2N2. The van der Waals surface area contributed by atoms with Crippen LogP contribution in [0.15, 0.2) is 16.6 Å². The molecule has 0 fully saturated rings. The minimum absolute atomic E-state index is 0.133. The largest absolute Gasteiger partial charge is 0.280 e. The summed E-state index contributed by atoms with van der Waals surface area (Å²) in [5.41, 5.74) is 1.41. The molecule has 1 aromatic heterocycles. The van der Waals surface area contributed by atoms with E-state index < -0.39 is 6.43 Å². The molecule has 1 heterocycles. The van der Waals surface area contributed by atoms with Crippen molar-refractivity contribution in [3.63, 3.8) is 0 Å². The predicted octanol–water partition coefficient (Wildman–Crippen LogP) is 3.57. The van der Waals surface area contributed by atoms with E-state index in [-0.39, 0.29) is 5.69 Å². The van der Waals surface area contributed by atoms with Crippen LogP contribution >= 0.6 is 15.9 Å². The number of hydrogen-bond donors (Lipinski definition) is 1. The Bertz CT molecular complexity index is 479. The number of aromatic nitrogens is 2. The van der Waals surface area contributed by atoms with Gasteiger partial charge in [-0.1, -0.05) is 15.9 Å². The first-order valence-corrected chi connectivity index (χ1v) is 4.81. The van der Waals surface area contributed by atoms with E-state index >= 15 is 0 Å². The van der Waals surface area contributed by atoms with Crippen molar-refractivity contribution >= 4 is 26.8 Å². The zero-order valence-electron chi connectivity index (χ0n) is 7.31. The number of alkyl halides is 2. The van der Waals surface area contributed by atoms with Crippen LogP contribution in [0, 0.1) is 6.92 Å². The zero-order chi connectivity index (χ0) is 10.3. The smallest absolute Gasteiger partial charge is 0.275 e. The van der Waals surface area contributed by atoms with Crippen LogP contribution in [0.4, 0.5) is 8.78 Å². The Balaban J connectivity index is 2.79. The first-order chi connectivity index (χ1) is 6.59. The van der Waals surface area contributed by atoms with Crippen molar-refractivity contribution in [2.24, 2.45) is 0 Å². The molecule has 14 heavy (non-hydrogen) atoms. The molecule has 0 atom stereocenters. The average Bonchev–Trinajstić information content (AvgIpc) is 2.47. The Morgan fingerprint density at radius 1 is 1.43 bits per heavy atom. The number of nitrogens with zero attached hydrogens (tertiary/aromatic N) is 1. The van der Waals surface area contributed by atoms with Gasteiger partial charge in [0.15, 0.2) is 0 Å². The summed E-state index contributed by atoms with van der Waals surface area (Å²) in [6, 6.07) is 3.56. The molecular weight excluding hydrogens is 254 g/mol. The quantitative estimate of drug-likeness (QED) is 0.835. The van der Waals surface area contributed by atoms with Crippen molar-refractivity contribution in [1.29, 1.82) is 0 Å². The molecule has 0 bridgehead atoms. The highest BCUT2D eigenvalue weighted by Crippen LogP contribution is 2.31. The van der Waals surface area contributed by atoms with Crippen LogP contribution in [0.2, 0.25) is 0 Å². The lowest BCUT2D eigenvalue weighted by Crippen LogP contribution is -1.85. The summed E-state index contributed by atoms with van der Waals surface area (Å²) >= 11 is 3.25. The fourth-order valence-corrected chi connectivity index (χ4v) is 2.19. The van der Waals surface area contributed by atoms with Gasteiger partial charge in [0.1, 0.15) is 5.69 Å². The van der Waals surface area contributed by atoms with Crippen LogP contribution in [0.25, 0.3) is 10.9 Å². The molecule has 0 amide bonds. The molecule has 1 aromatic carbocycles. The summed E-state index contributed by atoms with van der Waals surface area (Å²) in [6.45, 7) is 1.89. The number of nitrogens with one attached hydrogen (secondary N) is 1. The molecule has 2 rings (SSSR count). The number of fused-ring (bicyclic) bond motifs is 1. The maximum Gasteiger partial charge on any atom is 0.280 e. The van der Waals surface area contributed by atoms with Gasteiger partial charge in [0.05, 0.1) is 5.52 Å². The molecule has 0 aliphatic rings. The Labute approximate surface area is 87.4 Å². The Hall–Kier alpha value is -0.970. The van der Waals surface area contributed by atoms with E-state index in [0.29, 0.717) is 15.4 Å². The van der Waals surface area contributed by atoms with Crippen molar-refractivity contribution < 1.29 is 8.78 Å². The molecule has 0 aliphatic carbocycles. The molecule has 0 saturated carbocycles. The highest BCUT2D eigenvalue weighted by Gasteiger charge is 2.16. The van der Waals surface area contributed by atoms with E-state index in [2.05, 4.69) is 26.1 Å². The fourth-order valence-electron chi connectivity index (χ4n) is 1.41. The monoisotopic (exact) mass is 260 g/mol. The van der Waals surface area contributed by atoms with Crippen molar-refractivity contribution in [2.75, 3.05) is 0 Å². The molecule has 2 nitrogen and oxygen atoms in total. The highest BCUT2D eigenvalue weighted by molar-refractivity contribution is 9.10. The van der Waals surface area contributed by atoms with Crippen LogP contribution in [-0.2, 0) is 0 Å². The number of aryl methyl sites for hydroxylation is 1. The lowest BCUT2D eigenvalue weighted by Gasteiger charge is -1.99. The molecule has 0 unspecified atom stereocenters. The topological polar surface area (TPSA) is 28.7 Å². The van der Waals surface area contributed by atoms with Gasteiger partial charge in [0.2, 0.25) is 0 Å². The molecule has 5 heteroatoms. The number of rotatable bonds is 1. The summed E-state index contributed by atoms with van der Waals surface area (Å²) < 4.78 is 25.7. The van der Waals surface area contributed by atoms with E-state index in [1.807, 2.05) is 6.92 Å². The third-order valence-corrected chi connectivity index (χ3v) is 2.62. The Morgan fingerprint density at radius 3 is 2.79 bits per heavy atom. The van der Waals surface area contributed by atoms with E-state index in [4.69, 9.17) is 0 Å². The van der Waals surface area contributed by atoms with Crippen molar-refractivity contribution in [3.8, 4) is 0 Å². The van der Waals surface area contributed by atoms with Crippen LogP contribution < -0.4 is 0 Å². The third-order valence-electron chi connectivity index (χ3n) is 2.00. The standard InChI is InChI=1S/C9H7BrF2N2/c1-4-2-5(10)7-6(3-4)13-14-8(7)9(11)12/h2-3,9H,1H3,(H,13,14). The van der Waals surface area contributed by atoms with E-state index in [0.717, 1.165) is 5.56 Å². The molecule has 1 N–H and O–H groups in total. The van der Waals surface area contributed by atoms with E-state index in [9.17, 15) is 8.78 Å². The van der Waals surface area contributed by atoms with Gasteiger partial charge in [-0.3, -0.25) is 5.10 Å². The summed E-state index contributed by atoms with van der Waals surface area (Å²) in [7, 11) is 0. The lowest BCUT2D eigenvalue weighted by molar-refractivity contribution is 0.147.